The van der Waals surface area contributed by atoms with Crippen LogP contribution in [0.4, 0.5) is 5.69 Å². The summed E-state index contributed by atoms with van der Waals surface area (Å²) in [4.78, 5) is 17.6. The number of carbonyl (C=O) groups is 1. The van der Waals surface area contributed by atoms with Crippen LogP contribution in [0, 0.1) is 11.8 Å². The van der Waals surface area contributed by atoms with Crippen LogP contribution in [0.25, 0.3) is 0 Å². The van der Waals surface area contributed by atoms with Gasteiger partial charge in [0.05, 0.1) is 6.61 Å². The lowest BCUT2D eigenvalue weighted by molar-refractivity contribution is 0.0985. The second-order valence-corrected chi connectivity index (χ2v) is 9.13. The number of amides is 1. The van der Waals surface area contributed by atoms with Crippen LogP contribution >= 0.6 is 0 Å². The molecule has 2 aromatic rings. The van der Waals surface area contributed by atoms with Crippen molar-refractivity contribution in [3.8, 4) is 5.75 Å². The Morgan fingerprint density at radius 1 is 0.967 bits per heavy atom. The number of benzene rings is 2. The van der Waals surface area contributed by atoms with Gasteiger partial charge in [0.2, 0.25) is 0 Å². The van der Waals surface area contributed by atoms with Crippen LogP contribution in [-0.4, -0.2) is 43.6 Å². The maximum Gasteiger partial charge on any atom is 0.258 e. The van der Waals surface area contributed by atoms with Gasteiger partial charge in [-0.05, 0) is 79.8 Å². The van der Waals surface area contributed by atoms with Gasteiger partial charge in [0.25, 0.3) is 5.91 Å². The highest BCUT2D eigenvalue weighted by atomic mass is 16.5. The number of aryl methyl sites for hydroxylation is 1. The molecule has 0 aromatic heterocycles. The van der Waals surface area contributed by atoms with Crippen LogP contribution in [0.2, 0.25) is 0 Å². The molecule has 2 aromatic carbocycles. The van der Waals surface area contributed by atoms with Crippen LogP contribution in [0.5, 0.6) is 5.75 Å². The van der Waals surface area contributed by atoms with E-state index in [0.29, 0.717) is 0 Å². The van der Waals surface area contributed by atoms with E-state index in [-0.39, 0.29) is 5.91 Å². The van der Waals surface area contributed by atoms with Gasteiger partial charge in [-0.1, -0.05) is 24.6 Å². The molecule has 2 unspecified atom stereocenters. The molecule has 5 rings (SSSR count). The first-order chi connectivity index (χ1) is 14.8. The van der Waals surface area contributed by atoms with Crippen LogP contribution in [0.15, 0.2) is 48.5 Å². The van der Waals surface area contributed by atoms with Gasteiger partial charge in [-0.2, -0.15) is 0 Å². The predicted molar refractivity (Wildman–Crippen MR) is 120 cm³/mol. The quantitative estimate of drug-likeness (QED) is 0.650. The molecule has 1 saturated heterocycles. The third-order valence-electron chi connectivity index (χ3n) is 7.15. The normalized spacial score (nSPS) is 23.3. The highest BCUT2D eigenvalue weighted by Gasteiger charge is 2.35. The van der Waals surface area contributed by atoms with Gasteiger partial charge in [-0.3, -0.25) is 4.79 Å². The molecule has 3 aliphatic rings. The predicted octanol–water partition coefficient (Wildman–Crippen LogP) is 4.78. The van der Waals surface area contributed by atoms with Crippen molar-refractivity contribution in [3.05, 3.63) is 59.7 Å². The van der Waals surface area contributed by atoms with E-state index in [1.165, 1.54) is 37.9 Å². The SMILES string of the molecule is O=C(c1ccc(OCCCN2CC3CCCC3C2)cc1)N1CCCc2ccccc21. The van der Waals surface area contributed by atoms with E-state index in [9.17, 15) is 4.79 Å². The average Bonchev–Trinajstić information content (AvgIpc) is 3.38. The third kappa shape index (κ3) is 4.11. The van der Waals surface area contributed by atoms with E-state index >= 15 is 0 Å². The summed E-state index contributed by atoms with van der Waals surface area (Å²) < 4.78 is 5.94. The van der Waals surface area contributed by atoms with E-state index in [1.54, 1.807) is 0 Å². The molecule has 1 aliphatic carbocycles. The zero-order valence-corrected chi connectivity index (χ0v) is 17.8. The van der Waals surface area contributed by atoms with Crippen molar-refractivity contribution < 1.29 is 9.53 Å². The lowest BCUT2D eigenvalue weighted by Gasteiger charge is -2.29. The van der Waals surface area contributed by atoms with Crippen molar-refractivity contribution in [2.75, 3.05) is 37.7 Å². The molecular weight excluding hydrogens is 372 g/mol. The summed E-state index contributed by atoms with van der Waals surface area (Å²) in [6.45, 7) is 5.24. The Morgan fingerprint density at radius 3 is 2.53 bits per heavy atom. The first-order valence-electron chi connectivity index (χ1n) is 11.6. The van der Waals surface area contributed by atoms with E-state index in [0.717, 1.165) is 67.8 Å². The van der Waals surface area contributed by atoms with Crippen molar-refractivity contribution in [2.24, 2.45) is 11.8 Å². The zero-order chi connectivity index (χ0) is 20.3. The van der Waals surface area contributed by atoms with Gasteiger partial charge in [0.15, 0.2) is 0 Å². The highest BCUT2D eigenvalue weighted by molar-refractivity contribution is 6.06. The maximum absolute atomic E-state index is 13.0. The highest BCUT2D eigenvalue weighted by Crippen LogP contribution is 2.37. The first kappa shape index (κ1) is 19.6. The molecule has 30 heavy (non-hydrogen) atoms. The number of para-hydroxylation sites is 1. The Hall–Kier alpha value is -2.33. The molecule has 1 amide bonds. The fourth-order valence-corrected chi connectivity index (χ4v) is 5.59. The molecule has 4 heteroatoms. The lowest BCUT2D eigenvalue weighted by atomic mass is 10.0. The van der Waals surface area contributed by atoms with E-state index < -0.39 is 0 Å². The molecule has 158 valence electrons. The summed E-state index contributed by atoms with van der Waals surface area (Å²) >= 11 is 0. The number of likely N-dealkylation sites (tertiary alicyclic amines) is 1. The van der Waals surface area contributed by atoms with Gasteiger partial charge in [-0.15, -0.1) is 0 Å². The number of fused-ring (bicyclic) bond motifs is 2. The van der Waals surface area contributed by atoms with Crippen LogP contribution in [0.1, 0.15) is 48.0 Å². The van der Waals surface area contributed by atoms with Gasteiger partial charge in [0, 0.05) is 37.4 Å². The van der Waals surface area contributed by atoms with Crippen molar-refractivity contribution in [1.29, 1.82) is 0 Å². The van der Waals surface area contributed by atoms with Crippen molar-refractivity contribution in [1.82, 2.24) is 4.90 Å². The molecule has 2 atom stereocenters. The van der Waals surface area contributed by atoms with Crippen LogP contribution in [0.3, 0.4) is 0 Å². The topological polar surface area (TPSA) is 32.8 Å². The smallest absolute Gasteiger partial charge is 0.258 e. The minimum absolute atomic E-state index is 0.0771. The molecule has 0 spiro atoms. The molecule has 1 saturated carbocycles. The molecule has 2 heterocycles. The number of nitrogens with zero attached hydrogens (tertiary/aromatic N) is 2. The number of rotatable bonds is 6. The van der Waals surface area contributed by atoms with Gasteiger partial charge >= 0.3 is 0 Å². The largest absolute Gasteiger partial charge is 0.494 e. The molecule has 0 bridgehead atoms. The van der Waals surface area contributed by atoms with E-state index in [2.05, 4.69) is 17.0 Å². The Bertz CT molecular complexity index is 867. The minimum atomic E-state index is 0.0771. The molecule has 2 fully saturated rings. The monoisotopic (exact) mass is 404 g/mol. The molecule has 0 N–H and O–H groups in total. The summed E-state index contributed by atoms with van der Waals surface area (Å²) in [7, 11) is 0. The Kier molecular flexibility index (Phi) is 5.76. The lowest BCUT2D eigenvalue weighted by Crippen LogP contribution is -2.35. The molecule has 4 nitrogen and oxygen atoms in total. The zero-order valence-electron chi connectivity index (χ0n) is 17.8. The summed E-state index contributed by atoms with van der Waals surface area (Å²) in [5, 5.41) is 0. The maximum atomic E-state index is 13.0. The Labute approximate surface area is 179 Å². The number of carbonyl (C=O) groups excluding carboxylic acids is 1. The van der Waals surface area contributed by atoms with Crippen molar-refractivity contribution >= 4 is 11.6 Å². The Balaban J connectivity index is 1.11. The Morgan fingerprint density at radius 2 is 1.73 bits per heavy atom. The van der Waals surface area contributed by atoms with Gasteiger partial charge in [-0.25, -0.2) is 0 Å². The molecule has 2 aliphatic heterocycles. The number of ether oxygens (including phenoxy) is 1. The number of hydrogen-bond donors (Lipinski definition) is 0. The summed E-state index contributed by atoms with van der Waals surface area (Å²) in [6.07, 6.45) is 7.44. The average molecular weight is 405 g/mol. The van der Waals surface area contributed by atoms with Crippen molar-refractivity contribution in [2.45, 2.75) is 38.5 Å². The summed E-state index contributed by atoms with van der Waals surface area (Å²) in [5.41, 5.74) is 3.04. The van der Waals surface area contributed by atoms with Gasteiger partial charge < -0.3 is 14.5 Å². The number of anilines is 1. The number of hydrogen-bond acceptors (Lipinski definition) is 3. The van der Waals surface area contributed by atoms with Crippen LogP contribution in [-0.2, 0) is 6.42 Å². The fourth-order valence-electron chi connectivity index (χ4n) is 5.59. The van der Waals surface area contributed by atoms with Gasteiger partial charge in [0.1, 0.15) is 5.75 Å². The third-order valence-corrected chi connectivity index (χ3v) is 7.15. The summed E-state index contributed by atoms with van der Waals surface area (Å²) in [6, 6.07) is 15.9. The first-order valence-corrected chi connectivity index (χ1v) is 11.6. The summed E-state index contributed by atoms with van der Waals surface area (Å²) in [5.74, 6) is 2.85. The molecule has 0 radical (unpaired) electrons. The van der Waals surface area contributed by atoms with Crippen LogP contribution < -0.4 is 9.64 Å². The minimum Gasteiger partial charge on any atom is -0.494 e. The van der Waals surface area contributed by atoms with Crippen molar-refractivity contribution in [3.63, 3.8) is 0 Å². The second kappa shape index (κ2) is 8.81. The van der Waals surface area contributed by atoms with E-state index in [4.69, 9.17) is 4.74 Å². The molecular formula is C26H32N2O2. The second-order valence-electron chi connectivity index (χ2n) is 9.13. The standard InChI is InChI=1S/C26H32N2O2/c29-26(28-16-4-9-20-6-1-2-10-25(20)28)21-11-13-24(14-12-21)30-17-5-15-27-18-22-7-3-8-23(22)19-27/h1-2,6,10-14,22-23H,3-5,7-9,15-19H2. The fraction of sp³-hybridized carbons (Fsp3) is 0.500. The van der Waals surface area contributed by atoms with E-state index in [1.807, 2.05) is 41.3 Å².